The second-order valence-electron chi connectivity index (χ2n) is 17.7. The second-order valence-corrected chi connectivity index (χ2v) is 31.8. The molecule has 7 atom stereocenters. The molecule has 0 saturated heterocycles. The largest absolute Gasteiger partial charge is 0.416 e. The molecule has 7 heteroatoms. The highest BCUT2D eigenvalue weighted by Crippen LogP contribution is 2.41. The molecule has 0 aromatic carbocycles. The Morgan fingerprint density at radius 1 is 0.773 bits per heavy atom. The van der Waals surface area contributed by atoms with Gasteiger partial charge in [-0.1, -0.05) is 113 Å². The van der Waals surface area contributed by atoms with Gasteiger partial charge in [0.15, 0.2) is 25.0 Å². The van der Waals surface area contributed by atoms with Crippen LogP contribution in [-0.2, 0) is 18.1 Å². The Hall–Kier alpha value is -0.579. The third-order valence-corrected chi connectivity index (χ3v) is 19.9. The molecule has 0 spiro atoms. The molecule has 0 N–H and O–H groups in total. The lowest BCUT2D eigenvalue weighted by molar-refractivity contribution is -0.129. The number of carbonyl (C=O) groups is 1. The molecule has 0 radical (unpaired) electrons. The molecule has 0 aliphatic carbocycles. The normalized spacial score (nSPS) is 19.3. The molecule has 0 heterocycles. The van der Waals surface area contributed by atoms with Gasteiger partial charge in [-0.15, -0.1) is 0 Å². The summed E-state index contributed by atoms with van der Waals surface area (Å²) in [5.41, 5.74) is 1.24. The van der Waals surface area contributed by atoms with Gasteiger partial charge in [-0.3, -0.25) is 4.79 Å². The number of ketones is 1. The van der Waals surface area contributed by atoms with Gasteiger partial charge in [0, 0.05) is 24.4 Å². The molecular weight excluding hydrogens is 593 g/mol. The third kappa shape index (κ3) is 14.0. The minimum absolute atomic E-state index is 0.0487. The van der Waals surface area contributed by atoms with Crippen LogP contribution in [0.4, 0.5) is 0 Å². The van der Waals surface area contributed by atoms with Crippen molar-refractivity contribution >= 4 is 30.7 Å². The topological polar surface area (TPSA) is 44.8 Å². The summed E-state index contributed by atoms with van der Waals surface area (Å²) in [5.74, 6) is 0.586. The number of carbonyl (C=O) groups excluding carboxylic acids is 1. The lowest BCUT2D eigenvalue weighted by atomic mass is 9.82. The Balaban J connectivity index is 6.06. The quantitative estimate of drug-likeness (QED) is 0.0829. The maximum Gasteiger partial charge on any atom is 0.192 e. The van der Waals surface area contributed by atoms with E-state index < -0.39 is 25.0 Å². The molecule has 0 aliphatic rings. The summed E-state index contributed by atoms with van der Waals surface area (Å²) in [6, 6.07) is 0. The summed E-state index contributed by atoms with van der Waals surface area (Å²) < 4.78 is 20.4. The zero-order chi connectivity index (χ0) is 35.1. The van der Waals surface area contributed by atoms with Crippen LogP contribution in [0, 0.1) is 29.6 Å². The molecule has 258 valence electrons. The molecule has 4 nitrogen and oxygen atoms in total. The van der Waals surface area contributed by atoms with Crippen LogP contribution in [0.2, 0.25) is 55.9 Å². The van der Waals surface area contributed by atoms with Crippen molar-refractivity contribution in [2.75, 3.05) is 6.61 Å². The van der Waals surface area contributed by atoms with E-state index in [1.54, 1.807) is 6.08 Å². The molecule has 0 aromatic heterocycles. The first-order valence-corrected chi connectivity index (χ1v) is 26.3. The molecule has 0 unspecified atom stereocenters. The van der Waals surface area contributed by atoms with E-state index in [9.17, 15) is 4.79 Å². The van der Waals surface area contributed by atoms with Gasteiger partial charge in [0.1, 0.15) is 5.78 Å². The summed E-state index contributed by atoms with van der Waals surface area (Å²) >= 11 is 0. The van der Waals surface area contributed by atoms with Crippen molar-refractivity contribution < 1.29 is 18.1 Å². The van der Waals surface area contributed by atoms with Gasteiger partial charge in [0.2, 0.25) is 0 Å². The van der Waals surface area contributed by atoms with E-state index in [4.69, 9.17) is 13.3 Å². The monoisotopic (exact) mass is 666 g/mol. The van der Waals surface area contributed by atoms with Crippen molar-refractivity contribution in [3.05, 3.63) is 36.5 Å². The van der Waals surface area contributed by atoms with Crippen molar-refractivity contribution in [1.82, 2.24) is 0 Å². The average Bonchev–Trinajstić information content (AvgIpc) is 2.84. The predicted molar refractivity (Wildman–Crippen MR) is 202 cm³/mol. The van der Waals surface area contributed by atoms with Crippen molar-refractivity contribution in [1.29, 1.82) is 0 Å². The molecule has 0 aromatic rings. The Kier molecular flexibility index (Phi) is 16.8. The Bertz CT molecular complexity index is 963. The second kappa shape index (κ2) is 17.0. The van der Waals surface area contributed by atoms with Crippen LogP contribution in [0.25, 0.3) is 0 Å². The average molecular weight is 667 g/mol. The molecule has 0 aliphatic heterocycles. The zero-order valence-electron chi connectivity index (χ0n) is 32.6. The fourth-order valence-electron chi connectivity index (χ4n) is 5.15. The Morgan fingerprint density at radius 3 is 1.70 bits per heavy atom. The summed E-state index contributed by atoms with van der Waals surface area (Å²) in [5, 5.41) is 0.288. The maximum atomic E-state index is 13.8. The van der Waals surface area contributed by atoms with E-state index in [-0.39, 0.29) is 57.7 Å². The Labute approximate surface area is 278 Å². The predicted octanol–water partition coefficient (Wildman–Crippen LogP) is 11.4. The maximum absolute atomic E-state index is 13.8. The molecule has 0 fully saturated rings. The highest BCUT2D eigenvalue weighted by atomic mass is 28.4. The fraction of sp³-hybridized carbons (Fsp3) is 0.811. The van der Waals surface area contributed by atoms with Crippen LogP contribution in [0.3, 0.4) is 0 Å². The van der Waals surface area contributed by atoms with E-state index >= 15 is 0 Å². The van der Waals surface area contributed by atoms with Crippen LogP contribution in [0.5, 0.6) is 0 Å². The van der Waals surface area contributed by atoms with Gasteiger partial charge >= 0.3 is 0 Å². The molecular formula is C37H74O4Si3. The lowest BCUT2D eigenvalue weighted by Gasteiger charge is -2.43. The highest BCUT2D eigenvalue weighted by Gasteiger charge is 2.43. The van der Waals surface area contributed by atoms with E-state index in [2.05, 4.69) is 148 Å². The lowest BCUT2D eigenvalue weighted by Crippen LogP contribution is -2.49. The summed E-state index contributed by atoms with van der Waals surface area (Å²) in [4.78, 5) is 13.8. The number of allylic oxidation sites excluding steroid dienone is 3. The highest BCUT2D eigenvalue weighted by molar-refractivity contribution is 6.74. The molecule has 44 heavy (non-hydrogen) atoms. The van der Waals surface area contributed by atoms with Crippen LogP contribution in [0.1, 0.15) is 89.5 Å². The summed E-state index contributed by atoms with van der Waals surface area (Å²) in [6.45, 7) is 47.3. The minimum atomic E-state index is -2.02. The molecule has 0 saturated carbocycles. The number of Topliss-reactive ketones (excluding diaryl/α,β-unsaturated/α-hetero) is 1. The first-order valence-electron chi connectivity index (χ1n) is 17.1. The van der Waals surface area contributed by atoms with Gasteiger partial charge < -0.3 is 13.3 Å². The van der Waals surface area contributed by atoms with Crippen molar-refractivity contribution in [3.8, 4) is 0 Å². The smallest absolute Gasteiger partial charge is 0.192 e. The Morgan fingerprint density at radius 2 is 1.27 bits per heavy atom. The number of hydrogen-bond donors (Lipinski definition) is 0. The van der Waals surface area contributed by atoms with Gasteiger partial charge in [-0.25, -0.2) is 0 Å². The molecule has 0 bridgehead atoms. The van der Waals surface area contributed by atoms with E-state index in [1.807, 2.05) is 6.08 Å². The SMILES string of the molecule is C=C/C=C\[C@H](C)[C@H](O[Si](C)(C)C)[C@@H](C)C(=O)[C@@H](C)C/C(C)=C\[C@H](C)[C@@H](O[Si](C)(C)C(C)(C)C)[C@@H](C)CO[Si](C)(C)C(C)(C)C. The van der Waals surface area contributed by atoms with Crippen LogP contribution in [0.15, 0.2) is 36.5 Å². The van der Waals surface area contributed by atoms with Gasteiger partial charge in [0.05, 0.1) is 12.2 Å². The molecule has 0 amide bonds. The van der Waals surface area contributed by atoms with Gasteiger partial charge in [-0.2, -0.15) is 0 Å². The first-order chi connectivity index (χ1) is 19.6. The summed E-state index contributed by atoms with van der Waals surface area (Å²) in [7, 11) is -5.75. The number of hydrogen-bond acceptors (Lipinski definition) is 4. The molecule has 0 rings (SSSR count). The minimum Gasteiger partial charge on any atom is -0.416 e. The number of rotatable bonds is 18. The van der Waals surface area contributed by atoms with Crippen LogP contribution in [-0.4, -0.2) is 49.6 Å². The van der Waals surface area contributed by atoms with Crippen molar-refractivity contribution in [3.63, 3.8) is 0 Å². The van der Waals surface area contributed by atoms with Crippen molar-refractivity contribution in [2.24, 2.45) is 29.6 Å². The zero-order valence-corrected chi connectivity index (χ0v) is 35.6. The van der Waals surface area contributed by atoms with Gasteiger partial charge in [-0.05, 0) is 81.1 Å². The first kappa shape index (κ1) is 43.4. The van der Waals surface area contributed by atoms with Crippen LogP contribution >= 0.6 is 0 Å². The third-order valence-electron chi connectivity index (χ3n) is 9.99. The van der Waals surface area contributed by atoms with Crippen LogP contribution < -0.4 is 0 Å². The van der Waals surface area contributed by atoms with E-state index in [0.717, 1.165) is 6.42 Å². The van der Waals surface area contributed by atoms with E-state index in [0.29, 0.717) is 6.61 Å². The van der Waals surface area contributed by atoms with Crippen molar-refractivity contribution in [2.45, 2.75) is 158 Å². The standard InChI is InChI=1S/C37H74O4Si3/c1-21-22-23-28(3)35(40-42(14,15)16)32(7)33(38)29(4)24-27(2)25-30(5)34(41-44(19,20)37(11,12)13)31(6)26-39-43(17,18)36(8,9)10/h21-23,25,28-32,34-35H,1,24,26H2,2-20H3/b23-22-,27-25-/t28-,29-,30-,31-,32-,34+,35-/m0/s1. The fourth-order valence-corrected chi connectivity index (χ4v) is 8.98. The van der Waals surface area contributed by atoms with E-state index in [1.165, 1.54) is 5.57 Å². The van der Waals surface area contributed by atoms with Gasteiger partial charge in [0.25, 0.3) is 0 Å². The summed E-state index contributed by atoms with van der Waals surface area (Å²) in [6.07, 6.45) is 8.87.